The summed E-state index contributed by atoms with van der Waals surface area (Å²) in [5, 5.41) is 3.03. The van der Waals surface area contributed by atoms with E-state index >= 15 is 0 Å². The molecule has 29 heavy (non-hydrogen) atoms. The lowest BCUT2D eigenvalue weighted by Crippen LogP contribution is -2.37. The Bertz CT molecular complexity index is 906. The van der Waals surface area contributed by atoms with Crippen molar-refractivity contribution in [1.29, 1.82) is 0 Å². The summed E-state index contributed by atoms with van der Waals surface area (Å²) in [6.45, 7) is 5.20. The predicted molar refractivity (Wildman–Crippen MR) is 117 cm³/mol. The molecule has 0 unspecified atom stereocenters. The highest BCUT2D eigenvalue weighted by Crippen LogP contribution is 2.25. The van der Waals surface area contributed by atoms with Crippen molar-refractivity contribution in [2.75, 3.05) is 19.6 Å². The van der Waals surface area contributed by atoms with Gasteiger partial charge in [0.2, 0.25) is 0 Å². The number of nitrogens with one attached hydrogen (secondary N) is 2. The second-order valence-corrected chi connectivity index (χ2v) is 7.95. The Hall–Kier alpha value is -2.66. The van der Waals surface area contributed by atoms with Crippen molar-refractivity contribution in [2.24, 2.45) is 0 Å². The Balaban J connectivity index is 1.22. The van der Waals surface area contributed by atoms with Gasteiger partial charge in [-0.1, -0.05) is 31.2 Å². The van der Waals surface area contributed by atoms with Crippen molar-refractivity contribution in [3.05, 3.63) is 65.5 Å². The van der Waals surface area contributed by atoms with E-state index in [1.165, 1.54) is 30.4 Å². The van der Waals surface area contributed by atoms with Crippen LogP contribution in [-0.4, -0.2) is 46.5 Å². The van der Waals surface area contributed by atoms with E-state index in [-0.39, 0.29) is 5.91 Å². The monoisotopic (exact) mass is 390 g/mol. The number of rotatable bonds is 9. The molecule has 5 nitrogen and oxygen atoms in total. The van der Waals surface area contributed by atoms with Crippen LogP contribution in [0.25, 0.3) is 11.0 Å². The molecule has 5 heteroatoms. The molecule has 3 aromatic rings. The summed E-state index contributed by atoms with van der Waals surface area (Å²) in [5.41, 5.74) is 5.32. The van der Waals surface area contributed by atoms with E-state index < -0.39 is 0 Å². The summed E-state index contributed by atoms with van der Waals surface area (Å²) in [5.74, 6) is -0.0559. The van der Waals surface area contributed by atoms with E-state index in [4.69, 9.17) is 0 Å². The third kappa shape index (κ3) is 4.67. The van der Waals surface area contributed by atoms with Gasteiger partial charge in [-0.05, 0) is 74.5 Å². The van der Waals surface area contributed by atoms with Crippen LogP contribution in [0, 0.1) is 0 Å². The zero-order chi connectivity index (χ0) is 20.1. The number of aromatic amines is 1. The molecule has 0 saturated carbocycles. The van der Waals surface area contributed by atoms with Gasteiger partial charge >= 0.3 is 0 Å². The maximum atomic E-state index is 12.4. The molecule has 2 aromatic heterocycles. The molecule has 0 atom stereocenters. The zero-order valence-corrected chi connectivity index (χ0v) is 17.2. The molecule has 2 N–H and O–H groups in total. The van der Waals surface area contributed by atoms with Gasteiger partial charge in [-0.3, -0.25) is 14.7 Å². The third-order valence-electron chi connectivity index (χ3n) is 5.85. The van der Waals surface area contributed by atoms with Crippen LogP contribution in [0.1, 0.15) is 47.8 Å². The number of unbranched alkanes of at least 4 members (excludes halogenated alkanes) is 1. The van der Waals surface area contributed by atoms with E-state index in [1.54, 1.807) is 6.20 Å². The minimum atomic E-state index is -0.0559. The van der Waals surface area contributed by atoms with Gasteiger partial charge in [-0.2, -0.15) is 0 Å². The molecule has 0 radical (unpaired) electrons. The molecule has 4 rings (SSSR count). The molecule has 0 bridgehead atoms. The Morgan fingerprint density at radius 2 is 1.93 bits per heavy atom. The smallest absolute Gasteiger partial charge is 0.267 e. The molecule has 1 aliphatic rings. The van der Waals surface area contributed by atoms with Crippen LogP contribution in [-0.2, 0) is 12.8 Å². The number of hydrogen-bond donors (Lipinski definition) is 2. The summed E-state index contributed by atoms with van der Waals surface area (Å²) < 4.78 is 0. The fourth-order valence-corrected chi connectivity index (χ4v) is 4.37. The Morgan fingerprint density at radius 1 is 1.14 bits per heavy atom. The number of amides is 1. The van der Waals surface area contributed by atoms with Crippen molar-refractivity contribution in [1.82, 2.24) is 20.2 Å². The second-order valence-electron chi connectivity index (χ2n) is 7.95. The normalized spacial score (nSPS) is 13.9. The lowest BCUT2D eigenvalue weighted by Gasteiger charge is -2.28. The SMILES string of the molecule is CCCN(CCCCNC(=O)c1cc2ncccc2[nH]1)C1Cc2ccccc2C1. The third-order valence-corrected chi connectivity index (χ3v) is 5.85. The highest BCUT2D eigenvalue weighted by atomic mass is 16.1. The van der Waals surface area contributed by atoms with Gasteiger partial charge in [0.15, 0.2) is 0 Å². The fourth-order valence-electron chi connectivity index (χ4n) is 4.37. The lowest BCUT2D eigenvalue weighted by atomic mass is 10.1. The van der Waals surface area contributed by atoms with Crippen LogP contribution in [0.2, 0.25) is 0 Å². The molecule has 152 valence electrons. The molecule has 1 aromatic carbocycles. The Kier molecular flexibility index (Phi) is 6.25. The number of aromatic nitrogens is 2. The van der Waals surface area contributed by atoms with Crippen molar-refractivity contribution >= 4 is 16.9 Å². The van der Waals surface area contributed by atoms with Gasteiger partial charge in [-0.25, -0.2) is 0 Å². The molecule has 0 aliphatic heterocycles. The fraction of sp³-hybridized carbons (Fsp3) is 0.417. The van der Waals surface area contributed by atoms with E-state index in [2.05, 4.69) is 51.4 Å². The Morgan fingerprint density at radius 3 is 2.66 bits per heavy atom. The standard InChI is InChI=1S/C24H30N4O/c1-2-13-28(20-15-18-8-3-4-9-19(18)16-20)14-6-5-11-26-24(29)23-17-22-21(27-23)10-7-12-25-22/h3-4,7-10,12,17,20,27H,2,5-6,11,13-16H2,1H3,(H,26,29). The van der Waals surface area contributed by atoms with Crippen LogP contribution in [0.4, 0.5) is 0 Å². The van der Waals surface area contributed by atoms with Gasteiger partial charge in [0.05, 0.1) is 11.0 Å². The summed E-state index contributed by atoms with van der Waals surface area (Å²) >= 11 is 0. The topological polar surface area (TPSA) is 61.0 Å². The van der Waals surface area contributed by atoms with Crippen molar-refractivity contribution < 1.29 is 4.79 Å². The molecular weight excluding hydrogens is 360 g/mol. The number of pyridine rings is 1. The number of carbonyl (C=O) groups excluding carboxylic acids is 1. The highest BCUT2D eigenvalue weighted by Gasteiger charge is 2.25. The summed E-state index contributed by atoms with van der Waals surface area (Å²) in [7, 11) is 0. The molecule has 0 fully saturated rings. The molecule has 1 aliphatic carbocycles. The number of benzene rings is 1. The quantitative estimate of drug-likeness (QED) is 0.544. The van der Waals surface area contributed by atoms with Crippen LogP contribution in [0.5, 0.6) is 0 Å². The highest BCUT2D eigenvalue weighted by molar-refractivity contribution is 5.96. The van der Waals surface area contributed by atoms with Crippen molar-refractivity contribution in [2.45, 2.75) is 45.1 Å². The van der Waals surface area contributed by atoms with Gasteiger partial charge in [0.1, 0.15) is 5.69 Å². The maximum absolute atomic E-state index is 12.4. The van der Waals surface area contributed by atoms with Crippen LogP contribution >= 0.6 is 0 Å². The van der Waals surface area contributed by atoms with E-state index in [0.29, 0.717) is 18.3 Å². The molecule has 0 spiro atoms. The summed E-state index contributed by atoms with van der Waals surface area (Å²) in [4.78, 5) is 22.4. The maximum Gasteiger partial charge on any atom is 0.267 e. The van der Waals surface area contributed by atoms with Gasteiger partial charge < -0.3 is 10.3 Å². The van der Waals surface area contributed by atoms with Crippen molar-refractivity contribution in [3.8, 4) is 0 Å². The van der Waals surface area contributed by atoms with Crippen molar-refractivity contribution in [3.63, 3.8) is 0 Å². The first-order chi connectivity index (χ1) is 14.2. The first-order valence-electron chi connectivity index (χ1n) is 10.8. The molecule has 0 saturated heterocycles. The summed E-state index contributed by atoms with van der Waals surface area (Å²) in [6, 6.07) is 15.1. The van der Waals surface area contributed by atoms with Crippen LogP contribution < -0.4 is 5.32 Å². The molecule has 1 amide bonds. The van der Waals surface area contributed by atoms with Crippen LogP contribution in [0.15, 0.2) is 48.7 Å². The first-order valence-corrected chi connectivity index (χ1v) is 10.8. The first kappa shape index (κ1) is 19.6. The van der Waals surface area contributed by atoms with E-state index in [1.807, 2.05) is 18.2 Å². The number of fused-ring (bicyclic) bond motifs is 2. The number of carbonyl (C=O) groups is 1. The molecule has 2 heterocycles. The van der Waals surface area contributed by atoms with Crippen LogP contribution in [0.3, 0.4) is 0 Å². The van der Waals surface area contributed by atoms with E-state index in [0.717, 1.165) is 37.0 Å². The Labute approximate surface area is 172 Å². The predicted octanol–water partition coefficient (Wildman–Crippen LogP) is 3.95. The van der Waals surface area contributed by atoms with Gasteiger partial charge in [-0.15, -0.1) is 0 Å². The average Bonchev–Trinajstić information content (AvgIpc) is 3.36. The number of nitrogens with zero attached hydrogens (tertiary/aromatic N) is 2. The summed E-state index contributed by atoms with van der Waals surface area (Å²) in [6.07, 6.45) is 7.34. The molecular formula is C24H30N4O. The van der Waals surface area contributed by atoms with Gasteiger partial charge in [0, 0.05) is 18.8 Å². The number of H-pyrrole nitrogens is 1. The second kappa shape index (κ2) is 9.23. The van der Waals surface area contributed by atoms with E-state index in [9.17, 15) is 4.79 Å². The van der Waals surface area contributed by atoms with Gasteiger partial charge in [0.25, 0.3) is 5.91 Å². The largest absolute Gasteiger partial charge is 0.351 e. The minimum absolute atomic E-state index is 0.0559. The minimum Gasteiger partial charge on any atom is -0.351 e. The number of hydrogen-bond acceptors (Lipinski definition) is 3. The zero-order valence-electron chi connectivity index (χ0n) is 17.2. The lowest BCUT2D eigenvalue weighted by molar-refractivity contribution is 0.0948. The average molecular weight is 391 g/mol.